The third kappa shape index (κ3) is 3.84. The second-order valence-corrected chi connectivity index (χ2v) is 10.4. The summed E-state index contributed by atoms with van der Waals surface area (Å²) in [6.07, 6.45) is 0.161. The number of carbonyl (C=O) groups excluding carboxylic acids is 1. The molecule has 1 amide bonds. The molecule has 0 bridgehead atoms. The van der Waals surface area contributed by atoms with Crippen molar-refractivity contribution in [1.29, 1.82) is 0 Å². The van der Waals surface area contributed by atoms with Crippen LogP contribution in [0.4, 0.5) is 10.1 Å². The zero-order valence-corrected chi connectivity index (χ0v) is 16.8. The number of halogens is 1. The van der Waals surface area contributed by atoms with Crippen LogP contribution in [0.5, 0.6) is 0 Å². The second-order valence-electron chi connectivity index (χ2n) is 7.05. The van der Waals surface area contributed by atoms with E-state index in [9.17, 15) is 17.6 Å². The fraction of sp³-hybridized carbons (Fsp3) is 0.300. The Balaban J connectivity index is 1.67. The molecule has 2 fully saturated rings. The first kappa shape index (κ1) is 19.1. The molecule has 0 radical (unpaired) electrons. The Kier molecular flexibility index (Phi) is 5.01. The molecule has 2 saturated heterocycles. The first-order valence-corrected chi connectivity index (χ1v) is 11.6. The Labute approximate surface area is 167 Å². The molecule has 0 aliphatic carbocycles. The number of thioether (sulfide) groups is 1. The van der Waals surface area contributed by atoms with Crippen molar-refractivity contribution in [3.05, 3.63) is 65.5 Å². The minimum Gasteiger partial charge on any atom is -0.315 e. The van der Waals surface area contributed by atoms with E-state index in [1.807, 2.05) is 30.3 Å². The third-order valence-corrected chi connectivity index (χ3v) is 8.13. The van der Waals surface area contributed by atoms with Crippen molar-refractivity contribution in [2.45, 2.75) is 24.6 Å². The number of hydrogen-bond donors (Lipinski definition) is 0. The molecule has 0 unspecified atom stereocenters. The highest BCUT2D eigenvalue weighted by Crippen LogP contribution is 2.41. The molecule has 0 N–H and O–H groups in total. The quantitative estimate of drug-likeness (QED) is 0.767. The predicted octanol–water partition coefficient (Wildman–Crippen LogP) is 2.98. The van der Waals surface area contributed by atoms with Gasteiger partial charge in [0.05, 0.1) is 24.0 Å². The Morgan fingerprint density at radius 1 is 1.21 bits per heavy atom. The molecule has 2 heterocycles. The number of benzene rings is 2. The fourth-order valence-electron chi connectivity index (χ4n) is 3.51. The topological polar surface area (TPSA) is 66.8 Å². The highest BCUT2D eigenvalue weighted by atomic mass is 32.2. The van der Waals surface area contributed by atoms with Gasteiger partial charge in [-0.25, -0.2) is 12.8 Å². The smallest absolute Gasteiger partial charge is 0.252 e. The minimum atomic E-state index is -3.16. The number of anilines is 1. The lowest BCUT2D eigenvalue weighted by molar-refractivity contribution is -0.117. The number of aryl methyl sites for hydroxylation is 1. The molecule has 2 aromatic rings. The Morgan fingerprint density at radius 2 is 1.96 bits per heavy atom. The van der Waals surface area contributed by atoms with Gasteiger partial charge < -0.3 is 4.90 Å². The van der Waals surface area contributed by atoms with Gasteiger partial charge in [-0.05, 0) is 30.2 Å². The number of aliphatic imine (C=N–C) groups is 1. The molecule has 5 nitrogen and oxygen atoms in total. The van der Waals surface area contributed by atoms with Gasteiger partial charge in [0, 0.05) is 10.9 Å². The predicted molar refractivity (Wildman–Crippen MR) is 110 cm³/mol. The van der Waals surface area contributed by atoms with Crippen LogP contribution in [0.25, 0.3) is 0 Å². The van der Waals surface area contributed by atoms with Gasteiger partial charge in [-0.3, -0.25) is 4.79 Å². The molecule has 0 saturated carbocycles. The van der Waals surface area contributed by atoms with E-state index in [2.05, 4.69) is 4.99 Å². The van der Waals surface area contributed by atoms with Crippen LogP contribution in [0.1, 0.15) is 11.1 Å². The first-order valence-electron chi connectivity index (χ1n) is 8.90. The van der Waals surface area contributed by atoms with Crippen LogP contribution in [0, 0.1) is 12.7 Å². The molecule has 28 heavy (non-hydrogen) atoms. The first-order chi connectivity index (χ1) is 13.3. The molecule has 2 atom stereocenters. The highest BCUT2D eigenvalue weighted by Gasteiger charge is 2.49. The zero-order valence-electron chi connectivity index (χ0n) is 15.2. The highest BCUT2D eigenvalue weighted by molar-refractivity contribution is 8.16. The summed E-state index contributed by atoms with van der Waals surface area (Å²) in [5, 5.41) is 0.228. The number of nitrogens with zero attached hydrogens (tertiary/aromatic N) is 2. The molecule has 8 heteroatoms. The summed E-state index contributed by atoms with van der Waals surface area (Å²) in [7, 11) is -3.16. The van der Waals surface area contributed by atoms with Crippen molar-refractivity contribution >= 4 is 38.4 Å². The maximum atomic E-state index is 14.1. The second kappa shape index (κ2) is 7.33. The van der Waals surface area contributed by atoms with Gasteiger partial charge in [0.1, 0.15) is 5.82 Å². The van der Waals surface area contributed by atoms with Crippen molar-refractivity contribution in [2.75, 3.05) is 16.4 Å². The van der Waals surface area contributed by atoms with E-state index in [0.29, 0.717) is 16.4 Å². The average molecular weight is 419 g/mol. The minimum absolute atomic E-state index is 0.0218. The Hall–Kier alpha value is -2.19. The normalized spacial score (nSPS) is 24.5. The summed E-state index contributed by atoms with van der Waals surface area (Å²) in [6, 6.07) is 13.7. The molecule has 0 spiro atoms. The van der Waals surface area contributed by atoms with Gasteiger partial charge in [0.2, 0.25) is 0 Å². The van der Waals surface area contributed by atoms with Crippen LogP contribution in [0.3, 0.4) is 0 Å². The van der Waals surface area contributed by atoms with Crippen molar-refractivity contribution in [3.63, 3.8) is 0 Å². The molecular formula is C20H19FN2O3S2. The molecule has 2 aromatic carbocycles. The largest absolute Gasteiger partial charge is 0.315 e. The van der Waals surface area contributed by atoms with Crippen LogP contribution < -0.4 is 4.90 Å². The van der Waals surface area contributed by atoms with Crippen molar-refractivity contribution in [2.24, 2.45) is 4.99 Å². The lowest BCUT2D eigenvalue weighted by atomic mass is 10.1. The SMILES string of the molecule is Cc1ccc(N2C(=NC(=O)Cc3ccccc3)S[C@H]3CS(=O)(=O)C[C@@H]32)cc1F. The van der Waals surface area contributed by atoms with Gasteiger partial charge in [-0.15, -0.1) is 0 Å². The van der Waals surface area contributed by atoms with Gasteiger partial charge in [-0.2, -0.15) is 4.99 Å². The van der Waals surface area contributed by atoms with Crippen LogP contribution in [-0.4, -0.2) is 42.3 Å². The molecular weight excluding hydrogens is 399 g/mol. The molecule has 0 aromatic heterocycles. The maximum Gasteiger partial charge on any atom is 0.252 e. The van der Waals surface area contributed by atoms with Crippen molar-refractivity contribution in [3.8, 4) is 0 Å². The van der Waals surface area contributed by atoms with Gasteiger partial charge in [0.15, 0.2) is 15.0 Å². The Morgan fingerprint density at radius 3 is 2.68 bits per heavy atom. The van der Waals surface area contributed by atoms with E-state index in [-0.39, 0.29) is 40.9 Å². The van der Waals surface area contributed by atoms with E-state index in [0.717, 1.165) is 5.56 Å². The number of amidine groups is 1. The number of fused-ring (bicyclic) bond motifs is 1. The van der Waals surface area contributed by atoms with E-state index in [1.54, 1.807) is 24.0 Å². The molecule has 2 aliphatic rings. The number of hydrogen-bond acceptors (Lipinski definition) is 4. The van der Waals surface area contributed by atoms with E-state index >= 15 is 0 Å². The molecule has 2 aliphatic heterocycles. The fourth-order valence-corrected chi connectivity index (χ4v) is 7.45. The lowest BCUT2D eigenvalue weighted by Crippen LogP contribution is -2.37. The van der Waals surface area contributed by atoms with Crippen LogP contribution >= 0.6 is 11.8 Å². The van der Waals surface area contributed by atoms with Crippen LogP contribution in [0.15, 0.2) is 53.5 Å². The number of sulfone groups is 1. The van der Waals surface area contributed by atoms with E-state index in [4.69, 9.17) is 0 Å². The standard InChI is InChI=1S/C20H19FN2O3S2/c1-13-7-8-15(10-16(13)21)23-17-11-28(25,26)12-18(17)27-20(23)22-19(24)9-14-5-3-2-4-6-14/h2-8,10,17-18H,9,11-12H2,1H3/t17-,18-/m0/s1. The monoisotopic (exact) mass is 418 g/mol. The summed E-state index contributed by atoms with van der Waals surface area (Å²) < 4.78 is 38.3. The van der Waals surface area contributed by atoms with Gasteiger partial charge >= 0.3 is 0 Å². The Bertz CT molecular complexity index is 1050. The summed E-state index contributed by atoms with van der Waals surface area (Å²) >= 11 is 1.29. The maximum absolute atomic E-state index is 14.1. The summed E-state index contributed by atoms with van der Waals surface area (Å²) in [6.45, 7) is 1.67. The zero-order chi connectivity index (χ0) is 19.9. The summed E-state index contributed by atoms with van der Waals surface area (Å²) in [4.78, 5) is 18.5. The van der Waals surface area contributed by atoms with Crippen LogP contribution in [0.2, 0.25) is 0 Å². The molecule has 146 valence electrons. The van der Waals surface area contributed by atoms with Gasteiger partial charge in [-0.1, -0.05) is 48.2 Å². The lowest BCUT2D eigenvalue weighted by Gasteiger charge is -2.24. The summed E-state index contributed by atoms with van der Waals surface area (Å²) in [5.74, 6) is -0.665. The van der Waals surface area contributed by atoms with E-state index < -0.39 is 9.84 Å². The summed E-state index contributed by atoms with van der Waals surface area (Å²) in [5.41, 5.74) is 1.88. The van der Waals surface area contributed by atoms with Crippen LogP contribution in [-0.2, 0) is 21.1 Å². The number of rotatable bonds is 3. The van der Waals surface area contributed by atoms with Gasteiger partial charge in [0.25, 0.3) is 5.91 Å². The number of amides is 1. The van der Waals surface area contributed by atoms with Crippen molar-refractivity contribution in [1.82, 2.24) is 0 Å². The number of carbonyl (C=O) groups is 1. The van der Waals surface area contributed by atoms with E-state index in [1.165, 1.54) is 17.8 Å². The molecule has 4 rings (SSSR count). The third-order valence-electron chi connectivity index (χ3n) is 4.92. The average Bonchev–Trinajstić information content (AvgIpc) is 3.09. The van der Waals surface area contributed by atoms with Crippen molar-refractivity contribution < 1.29 is 17.6 Å².